The number of benzene rings is 1. The molecule has 0 aliphatic carbocycles. The zero-order valence-corrected chi connectivity index (χ0v) is 13.1. The maximum atomic E-state index is 10.4. The van der Waals surface area contributed by atoms with Crippen LogP contribution in [0.4, 0.5) is 0 Å². The standard InChI is InChI=1S/C16H21NO2S/c1-11-8-12(2)16(13(3)9-11)14(18)10-15(20)17-4-6-19-7-5-17/h8-10,18H,4-7H2,1-3H3. The largest absolute Gasteiger partial charge is 0.507 e. The van der Waals surface area contributed by atoms with E-state index < -0.39 is 0 Å². The van der Waals surface area contributed by atoms with Crippen molar-refractivity contribution in [2.75, 3.05) is 26.3 Å². The lowest BCUT2D eigenvalue weighted by Gasteiger charge is -2.28. The van der Waals surface area contributed by atoms with Crippen molar-refractivity contribution < 1.29 is 9.84 Å². The number of hydrogen-bond acceptors (Lipinski definition) is 3. The molecule has 0 bridgehead atoms. The normalized spacial score (nSPS) is 16.4. The fraction of sp³-hybridized carbons (Fsp3) is 0.438. The van der Waals surface area contributed by atoms with Crippen LogP contribution in [0.15, 0.2) is 18.2 Å². The third-order valence-electron chi connectivity index (χ3n) is 3.52. The molecule has 0 aromatic heterocycles. The Hall–Kier alpha value is -1.39. The first-order chi connectivity index (χ1) is 9.49. The summed E-state index contributed by atoms with van der Waals surface area (Å²) in [5.74, 6) is 0.247. The molecule has 0 atom stereocenters. The average molecular weight is 291 g/mol. The van der Waals surface area contributed by atoms with Crippen LogP contribution in [0.2, 0.25) is 0 Å². The number of aliphatic hydroxyl groups excluding tert-OH is 1. The quantitative estimate of drug-likeness (QED) is 0.515. The van der Waals surface area contributed by atoms with Gasteiger partial charge < -0.3 is 14.7 Å². The first kappa shape index (κ1) is 15.0. The van der Waals surface area contributed by atoms with Crippen LogP contribution in [-0.2, 0) is 4.74 Å². The molecular formula is C16H21NO2S. The van der Waals surface area contributed by atoms with Crippen molar-refractivity contribution in [3.05, 3.63) is 40.5 Å². The van der Waals surface area contributed by atoms with Gasteiger partial charge in [-0.05, 0) is 31.9 Å². The first-order valence-corrected chi connectivity index (χ1v) is 7.25. The Labute approximate surface area is 125 Å². The molecule has 1 aliphatic heterocycles. The third-order valence-corrected chi connectivity index (χ3v) is 3.89. The number of rotatable bonds is 2. The Morgan fingerprint density at radius 2 is 1.75 bits per heavy atom. The lowest BCUT2D eigenvalue weighted by Crippen LogP contribution is -2.39. The minimum absolute atomic E-state index is 0.247. The molecule has 0 unspecified atom stereocenters. The Morgan fingerprint density at radius 1 is 1.20 bits per heavy atom. The second kappa shape index (κ2) is 6.37. The fourth-order valence-electron chi connectivity index (χ4n) is 2.65. The van der Waals surface area contributed by atoms with Crippen molar-refractivity contribution in [2.24, 2.45) is 0 Å². The molecule has 3 nitrogen and oxygen atoms in total. The van der Waals surface area contributed by atoms with E-state index in [2.05, 4.69) is 24.0 Å². The minimum Gasteiger partial charge on any atom is -0.507 e. The predicted octanol–water partition coefficient (Wildman–Crippen LogP) is 3.17. The van der Waals surface area contributed by atoms with Gasteiger partial charge in [0.1, 0.15) is 10.7 Å². The molecule has 1 aromatic carbocycles. The molecule has 1 aliphatic rings. The highest BCUT2D eigenvalue weighted by molar-refractivity contribution is 7.80. The number of aryl methyl sites for hydroxylation is 3. The summed E-state index contributed by atoms with van der Waals surface area (Å²) in [7, 11) is 0. The lowest BCUT2D eigenvalue weighted by atomic mass is 9.98. The average Bonchev–Trinajstić information content (AvgIpc) is 2.38. The van der Waals surface area contributed by atoms with Gasteiger partial charge in [-0.1, -0.05) is 29.9 Å². The third kappa shape index (κ3) is 3.38. The van der Waals surface area contributed by atoms with Crippen molar-refractivity contribution in [1.82, 2.24) is 4.90 Å². The lowest BCUT2D eigenvalue weighted by molar-refractivity contribution is 0.0694. The second-order valence-electron chi connectivity index (χ2n) is 5.24. The van der Waals surface area contributed by atoms with Gasteiger partial charge in [-0.25, -0.2) is 0 Å². The molecule has 0 radical (unpaired) electrons. The van der Waals surface area contributed by atoms with Crippen LogP contribution in [0.5, 0.6) is 0 Å². The van der Waals surface area contributed by atoms with Crippen LogP contribution >= 0.6 is 12.2 Å². The Balaban J connectivity index is 2.24. The molecule has 0 spiro atoms. The monoisotopic (exact) mass is 291 g/mol. The number of ether oxygens (including phenoxy) is 1. The van der Waals surface area contributed by atoms with Crippen LogP contribution in [0.3, 0.4) is 0 Å². The highest BCUT2D eigenvalue weighted by Gasteiger charge is 2.14. The highest BCUT2D eigenvalue weighted by atomic mass is 32.1. The summed E-state index contributed by atoms with van der Waals surface area (Å²) in [5, 5.41) is 10.4. The van der Waals surface area contributed by atoms with Crippen molar-refractivity contribution in [1.29, 1.82) is 0 Å². The summed E-state index contributed by atoms with van der Waals surface area (Å²) in [6.07, 6.45) is 1.69. The number of thiocarbonyl (C=S) groups is 1. The molecule has 2 rings (SSSR count). The van der Waals surface area contributed by atoms with Crippen molar-refractivity contribution in [2.45, 2.75) is 20.8 Å². The van der Waals surface area contributed by atoms with Gasteiger partial charge >= 0.3 is 0 Å². The molecule has 20 heavy (non-hydrogen) atoms. The summed E-state index contributed by atoms with van der Waals surface area (Å²) in [6.45, 7) is 9.04. The Bertz CT molecular complexity index is 522. The highest BCUT2D eigenvalue weighted by Crippen LogP contribution is 2.23. The van der Waals surface area contributed by atoms with Crippen LogP contribution in [0, 0.1) is 20.8 Å². The van der Waals surface area contributed by atoms with E-state index in [1.165, 1.54) is 5.56 Å². The topological polar surface area (TPSA) is 32.7 Å². The summed E-state index contributed by atoms with van der Waals surface area (Å²) >= 11 is 5.40. The molecule has 1 N–H and O–H groups in total. The Kier molecular flexibility index (Phi) is 4.78. The molecule has 1 fully saturated rings. The zero-order chi connectivity index (χ0) is 14.7. The maximum Gasteiger partial charge on any atom is 0.126 e. The van der Waals surface area contributed by atoms with Crippen LogP contribution < -0.4 is 0 Å². The van der Waals surface area contributed by atoms with Gasteiger partial charge in [0.25, 0.3) is 0 Å². The van der Waals surface area contributed by atoms with E-state index in [0.29, 0.717) is 18.2 Å². The number of hydrogen-bond donors (Lipinski definition) is 1. The number of nitrogens with zero attached hydrogens (tertiary/aromatic N) is 1. The van der Waals surface area contributed by atoms with E-state index in [1.54, 1.807) is 6.08 Å². The van der Waals surface area contributed by atoms with E-state index in [1.807, 2.05) is 13.8 Å². The van der Waals surface area contributed by atoms with Gasteiger partial charge in [-0.2, -0.15) is 0 Å². The molecule has 0 saturated carbocycles. The van der Waals surface area contributed by atoms with E-state index in [-0.39, 0.29) is 5.76 Å². The molecule has 1 saturated heterocycles. The number of morpholine rings is 1. The Morgan fingerprint density at radius 3 is 2.30 bits per heavy atom. The van der Waals surface area contributed by atoms with Gasteiger partial charge in [0.15, 0.2) is 0 Å². The van der Waals surface area contributed by atoms with Crippen LogP contribution in [-0.4, -0.2) is 41.3 Å². The minimum atomic E-state index is 0.247. The second-order valence-corrected chi connectivity index (χ2v) is 5.66. The van der Waals surface area contributed by atoms with E-state index in [4.69, 9.17) is 17.0 Å². The molecular weight excluding hydrogens is 270 g/mol. The first-order valence-electron chi connectivity index (χ1n) is 6.84. The molecule has 1 aromatic rings. The van der Waals surface area contributed by atoms with E-state index >= 15 is 0 Å². The zero-order valence-electron chi connectivity index (χ0n) is 12.3. The smallest absolute Gasteiger partial charge is 0.126 e. The van der Waals surface area contributed by atoms with Gasteiger partial charge in [0.05, 0.1) is 13.2 Å². The summed E-state index contributed by atoms with van der Waals surface area (Å²) < 4.78 is 5.31. The van der Waals surface area contributed by atoms with Crippen molar-refractivity contribution in [3.8, 4) is 0 Å². The van der Waals surface area contributed by atoms with E-state index in [9.17, 15) is 5.11 Å². The molecule has 4 heteroatoms. The number of aliphatic hydroxyl groups is 1. The van der Waals surface area contributed by atoms with Crippen LogP contribution in [0.1, 0.15) is 22.3 Å². The van der Waals surface area contributed by atoms with Gasteiger partial charge in [0, 0.05) is 24.7 Å². The van der Waals surface area contributed by atoms with E-state index in [0.717, 1.165) is 29.8 Å². The van der Waals surface area contributed by atoms with Gasteiger partial charge in [-0.3, -0.25) is 0 Å². The molecule has 1 heterocycles. The van der Waals surface area contributed by atoms with Crippen molar-refractivity contribution in [3.63, 3.8) is 0 Å². The SMILES string of the molecule is Cc1cc(C)c(C(O)=CC(=S)N2CCOCC2)c(C)c1. The maximum absolute atomic E-state index is 10.4. The predicted molar refractivity (Wildman–Crippen MR) is 86.2 cm³/mol. The molecule has 108 valence electrons. The summed E-state index contributed by atoms with van der Waals surface area (Å²) in [4.78, 5) is 2.73. The summed E-state index contributed by atoms with van der Waals surface area (Å²) in [6, 6.07) is 4.15. The summed E-state index contributed by atoms with van der Waals surface area (Å²) in [5.41, 5.74) is 4.22. The van der Waals surface area contributed by atoms with Crippen LogP contribution in [0.25, 0.3) is 5.76 Å². The van der Waals surface area contributed by atoms with Gasteiger partial charge in [-0.15, -0.1) is 0 Å². The van der Waals surface area contributed by atoms with Gasteiger partial charge in [0.2, 0.25) is 0 Å². The van der Waals surface area contributed by atoms with Crippen molar-refractivity contribution >= 4 is 23.0 Å². The molecule has 0 amide bonds. The fourth-order valence-corrected chi connectivity index (χ4v) is 2.94.